The number of aryl methyl sites for hydroxylation is 2. The molecule has 2 N–H and O–H groups in total. The Balaban J connectivity index is 1.44. The number of aromatic nitrogens is 2. The molecule has 8 nitrogen and oxygen atoms in total. The molecule has 0 saturated heterocycles. The first-order valence-corrected chi connectivity index (χ1v) is 12.3. The molecule has 9 heteroatoms. The molecule has 2 amide bonds. The van der Waals surface area contributed by atoms with Gasteiger partial charge in [0.05, 0.1) is 23.7 Å². The maximum absolute atomic E-state index is 14.9. The van der Waals surface area contributed by atoms with Crippen molar-refractivity contribution in [3.05, 3.63) is 77.9 Å². The predicted molar refractivity (Wildman–Crippen MR) is 144 cm³/mol. The fraction of sp³-hybridized carbons (Fsp3) is 0.241. The standard InChI is InChI=1S/C29H29FN4O4/c1-4-27(35)34-24-15-21-23(16-26(24)37-3)31-17-32-29(21)38-25-13-12-20(14-22(25)30)33-28(36)7-5-6-19-10-8-18(2)9-11-19/h8-17H,4-7H2,1-3H3,(H,33,36)(H,34,35). The minimum Gasteiger partial charge on any atom is -0.494 e. The van der Waals surface area contributed by atoms with E-state index in [9.17, 15) is 14.0 Å². The molecular weight excluding hydrogens is 487 g/mol. The van der Waals surface area contributed by atoms with Crippen LogP contribution in [0.4, 0.5) is 15.8 Å². The predicted octanol–water partition coefficient (Wildman–Crippen LogP) is 6.19. The summed E-state index contributed by atoms with van der Waals surface area (Å²) in [6.07, 6.45) is 3.38. The highest BCUT2D eigenvalue weighted by molar-refractivity contribution is 5.97. The third-order valence-corrected chi connectivity index (χ3v) is 5.93. The van der Waals surface area contributed by atoms with Crippen LogP contribution in [-0.2, 0) is 16.0 Å². The minimum absolute atomic E-state index is 0.0719. The normalized spacial score (nSPS) is 10.7. The summed E-state index contributed by atoms with van der Waals surface area (Å²) < 4.78 is 26.0. The highest BCUT2D eigenvalue weighted by atomic mass is 19.1. The lowest BCUT2D eigenvalue weighted by molar-refractivity contribution is -0.116. The first-order chi connectivity index (χ1) is 18.4. The van der Waals surface area contributed by atoms with Gasteiger partial charge in [-0.1, -0.05) is 36.8 Å². The van der Waals surface area contributed by atoms with E-state index in [1.165, 1.54) is 36.7 Å². The average molecular weight is 517 g/mol. The molecule has 0 saturated carbocycles. The van der Waals surface area contributed by atoms with Crippen LogP contribution in [0.5, 0.6) is 17.4 Å². The SMILES string of the molecule is CCC(=O)Nc1cc2c(Oc3ccc(NC(=O)CCCc4ccc(C)cc4)cc3F)ncnc2cc1OC. The zero-order chi connectivity index (χ0) is 27.1. The lowest BCUT2D eigenvalue weighted by Crippen LogP contribution is -2.11. The largest absolute Gasteiger partial charge is 0.494 e. The first kappa shape index (κ1) is 26.5. The van der Waals surface area contributed by atoms with Gasteiger partial charge in [-0.05, 0) is 43.5 Å². The molecular formula is C29H29FN4O4. The first-order valence-electron chi connectivity index (χ1n) is 12.3. The van der Waals surface area contributed by atoms with Gasteiger partial charge in [-0.3, -0.25) is 9.59 Å². The van der Waals surface area contributed by atoms with Crippen molar-refractivity contribution >= 4 is 34.1 Å². The van der Waals surface area contributed by atoms with Crippen LogP contribution in [0.25, 0.3) is 10.9 Å². The van der Waals surface area contributed by atoms with Crippen molar-refractivity contribution in [3.63, 3.8) is 0 Å². The van der Waals surface area contributed by atoms with E-state index in [1.807, 2.05) is 19.1 Å². The molecule has 0 bridgehead atoms. The second kappa shape index (κ2) is 12.1. The van der Waals surface area contributed by atoms with E-state index >= 15 is 0 Å². The minimum atomic E-state index is -0.665. The van der Waals surface area contributed by atoms with Gasteiger partial charge in [0.15, 0.2) is 11.6 Å². The van der Waals surface area contributed by atoms with Crippen LogP contribution in [0.2, 0.25) is 0 Å². The van der Waals surface area contributed by atoms with Gasteiger partial charge in [-0.15, -0.1) is 0 Å². The Morgan fingerprint density at radius 1 is 0.947 bits per heavy atom. The van der Waals surface area contributed by atoms with E-state index in [0.29, 0.717) is 40.9 Å². The number of amides is 2. The number of rotatable bonds is 10. The molecule has 4 rings (SSSR count). The molecule has 4 aromatic rings. The van der Waals surface area contributed by atoms with Gasteiger partial charge in [-0.2, -0.15) is 0 Å². The summed E-state index contributed by atoms with van der Waals surface area (Å²) in [6.45, 7) is 3.77. The number of halogens is 1. The smallest absolute Gasteiger partial charge is 0.230 e. The highest BCUT2D eigenvalue weighted by Crippen LogP contribution is 2.35. The summed E-state index contributed by atoms with van der Waals surface area (Å²) in [4.78, 5) is 32.7. The molecule has 196 valence electrons. The number of hydrogen-bond acceptors (Lipinski definition) is 6. The molecule has 0 aliphatic rings. The van der Waals surface area contributed by atoms with E-state index < -0.39 is 5.82 Å². The molecule has 0 spiro atoms. The van der Waals surface area contributed by atoms with Crippen LogP contribution < -0.4 is 20.1 Å². The van der Waals surface area contributed by atoms with Crippen LogP contribution in [0, 0.1) is 12.7 Å². The molecule has 0 unspecified atom stereocenters. The fourth-order valence-electron chi connectivity index (χ4n) is 3.84. The number of nitrogens with zero attached hydrogens (tertiary/aromatic N) is 2. The fourth-order valence-corrected chi connectivity index (χ4v) is 3.84. The van der Waals surface area contributed by atoms with Gasteiger partial charge < -0.3 is 20.1 Å². The van der Waals surface area contributed by atoms with Gasteiger partial charge in [0, 0.05) is 30.7 Å². The zero-order valence-electron chi connectivity index (χ0n) is 21.5. The van der Waals surface area contributed by atoms with Crippen molar-refractivity contribution < 1.29 is 23.5 Å². The summed E-state index contributed by atoms with van der Waals surface area (Å²) >= 11 is 0. The van der Waals surface area contributed by atoms with Crippen molar-refractivity contribution in [2.75, 3.05) is 17.7 Å². The number of anilines is 2. The number of hydrogen-bond donors (Lipinski definition) is 2. The molecule has 3 aromatic carbocycles. The van der Waals surface area contributed by atoms with Gasteiger partial charge in [-0.25, -0.2) is 14.4 Å². The monoisotopic (exact) mass is 516 g/mol. The second-order valence-corrected chi connectivity index (χ2v) is 8.78. The Bertz CT molecular complexity index is 1460. The van der Waals surface area contributed by atoms with E-state index in [1.54, 1.807) is 25.1 Å². The van der Waals surface area contributed by atoms with E-state index in [0.717, 1.165) is 6.42 Å². The Morgan fingerprint density at radius 3 is 2.45 bits per heavy atom. The Kier molecular flexibility index (Phi) is 8.47. The number of ether oxygens (including phenoxy) is 2. The second-order valence-electron chi connectivity index (χ2n) is 8.78. The Labute approximate surface area is 220 Å². The third-order valence-electron chi connectivity index (χ3n) is 5.93. The summed E-state index contributed by atoms with van der Waals surface area (Å²) in [5.41, 5.74) is 3.62. The van der Waals surface area contributed by atoms with Crippen molar-refractivity contribution in [1.82, 2.24) is 9.97 Å². The topological polar surface area (TPSA) is 102 Å². The lowest BCUT2D eigenvalue weighted by Gasteiger charge is -2.13. The molecule has 1 aromatic heterocycles. The summed E-state index contributed by atoms with van der Waals surface area (Å²) in [5, 5.41) is 5.96. The van der Waals surface area contributed by atoms with Crippen LogP contribution >= 0.6 is 0 Å². The summed E-state index contributed by atoms with van der Waals surface area (Å²) in [5.74, 6) is -0.589. The van der Waals surface area contributed by atoms with Gasteiger partial charge in [0.2, 0.25) is 17.7 Å². The third kappa shape index (κ3) is 6.61. The van der Waals surface area contributed by atoms with Gasteiger partial charge in [0.25, 0.3) is 0 Å². The van der Waals surface area contributed by atoms with E-state index in [-0.39, 0.29) is 29.9 Å². The molecule has 0 atom stereocenters. The Morgan fingerprint density at radius 2 is 1.74 bits per heavy atom. The van der Waals surface area contributed by atoms with Gasteiger partial charge in [0.1, 0.15) is 12.1 Å². The van der Waals surface area contributed by atoms with Crippen LogP contribution in [0.1, 0.15) is 37.3 Å². The van der Waals surface area contributed by atoms with Crippen molar-refractivity contribution in [1.29, 1.82) is 0 Å². The number of nitrogens with one attached hydrogen (secondary N) is 2. The molecule has 0 aliphatic heterocycles. The maximum atomic E-state index is 14.9. The molecule has 38 heavy (non-hydrogen) atoms. The van der Waals surface area contributed by atoms with E-state index in [2.05, 4.69) is 32.7 Å². The summed E-state index contributed by atoms with van der Waals surface area (Å²) in [7, 11) is 1.49. The molecule has 1 heterocycles. The van der Waals surface area contributed by atoms with Crippen LogP contribution in [-0.4, -0.2) is 28.9 Å². The van der Waals surface area contributed by atoms with Crippen LogP contribution in [0.3, 0.4) is 0 Å². The number of fused-ring (bicyclic) bond motifs is 1. The lowest BCUT2D eigenvalue weighted by atomic mass is 10.1. The van der Waals surface area contributed by atoms with Crippen LogP contribution in [0.15, 0.2) is 60.9 Å². The van der Waals surface area contributed by atoms with E-state index in [4.69, 9.17) is 9.47 Å². The summed E-state index contributed by atoms with van der Waals surface area (Å²) in [6, 6.07) is 15.7. The quantitative estimate of drug-likeness (QED) is 0.261. The van der Waals surface area contributed by atoms with Crippen molar-refractivity contribution in [2.24, 2.45) is 0 Å². The molecule has 0 radical (unpaired) electrons. The number of methoxy groups -OCH3 is 1. The average Bonchev–Trinajstić information content (AvgIpc) is 2.91. The molecule has 0 aliphatic carbocycles. The number of benzene rings is 3. The number of carbonyl (C=O) groups excluding carboxylic acids is 2. The number of carbonyl (C=O) groups is 2. The maximum Gasteiger partial charge on any atom is 0.230 e. The highest BCUT2D eigenvalue weighted by Gasteiger charge is 2.15. The van der Waals surface area contributed by atoms with Crippen molar-refractivity contribution in [2.45, 2.75) is 39.5 Å². The Hall–Kier alpha value is -4.53. The zero-order valence-corrected chi connectivity index (χ0v) is 21.5. The van der Waals surface area contributed by atoms with Gasteiger partial charge >= 0.3 is 0 Å². The van der Waals surface area contributed by atoms with Crippen molar-refractivity contribution in [3.8, 4) is 17.4 Å². The molecule has 0 fully saturated rings.